The fourth-order valence-corrected chi connectivity index (χ4v) is 2.56. The lowest BCUT2D eigenvalue weighted by molar-refractivity contribution is 0.204. The molecule has 0 aliphatic heterocycles. The second-order valence-corrected chi connectivity index (χ2v) is 5.68. The Balaban J connectivity index is 2.89. The van der Waals surface area contributed by atoms with E-state index in [1.165, 1.54) is 5.69 Å². The Bertz CT molecular complexity index is 369. The van der Waals surface area contributed by atoms with Crippen LogP contribution in [0.4, 0.5) is 5.69 Å². The molecule has 18 heavy (non-hydrogen) atoms. The van der Waals surface area contributed by atoms with Gasteiger partial charge in [0, 0.05) is 31.2 Å². The molecule has 1 aromatic carbocycles. The molecule has 3 nitrogen and oxygen atoms in total. The van der Waals surface area contributed by atoms with Crippen molar-refractivity contribution in [3.05, 3.63) is 28.2 Å². The lowest BCUT2D eigenvalue weighted by Crippen LogP contribution is -2.31. The van der Waals surface area contributed by atoms with Gasteiger partial charge in [-0.05, 0) is 39.5 Å². The fourth-order valence-electron chi connectivity index (χ4n) is 1.89. The highest BCUT2D eigenvalue weighted by molar-refractivity contribution is 9.10. The van der Waals surface area contributed by atoms with Crippen molar-refractivity contribution >= 4 is 21.6 Å². The van der Waals surface area contributed by atoms with Crippen LogP contribution in [0, 0.1) is 5.92 Å². The molecule has 0 aliphatic rings. The molecule has 0 spiro atoms. The molecule has 0 aliphatic carbocycles. The van der Waals surface area contributed by atoms with Gasteiger partial charge in [-0.1, -0.05) is 19.9 Å². The highest BCUT2D eigenvalue weighted by Crippen LogP contribution is 2.28. The Morgan fingerprint density at radius 2 is 2.11 bits per heavy atom. The summed E-state index contributed by atoms with van der Waals surface area (Å²) in [6, 6.07) is 6.31. The minimum atomic E-state index is 0.571. The lowest BCUT2D eigenvalue weighted by Gasteiger charge is -2.27. The number of hydrogen-bond acceptors (Lipinski definition) is 3. The van der Waals surface area contributed by atoms with Gasteiger partial charge in [0.2, 0.25) is 0 Å². The average Bonchev–Trinajstić information content (AvgIpc) is 2.34. The standard InChI is InChI=1S/C14H23BrN2O/c1-11(2)10-17(6-7-18-3)14-5-4-12(9-16)8-13(14)15/h4-5,8,11H,6-7,9-10,16H2,1-3H3. The van der Waals surface area contributed by atoms with Crippen LogP contribution in [0.15, 0.2) is 22.7 Å². The highest BCUT2D eigenvalue weighted by Gasteiger charge is 2.11. The van der Waals surface area contributed by atoms with Crippen molar-refractivity contribution in [3.63, 3.8) is 0 Å². The van der Waals surface area contributed by atoms with Gasteiger partial charge >= 0.3 is 0 Å². The number of hydrogen-bond donors (Lipinski definition) is 1. The molecule has 0 amide bonds. The van der Waals surface area contributed by atoms with E-state index in [0.717, 1.165) is 29.7 Å². The van der Waals surface area contributed by atoms with Gasteiger partial charge in [0.1, 0.15) is 0 Å². The third-order valence-electron chi connectivity index (χ3n) is 2.74. The molecule has 0 saturated heterocycles. The number of nitrogens with two attached hydrogens (primary N) is 1. The van der Waals surface area contributed by atoms with E-state index in [9.17, 15) is 0 Å². The maximum Gasteiger partial charge on any atom is 0.0637 e. The van der Waals surface area contributed by atoms with Crippen molar-refractivity contribution in [2.24, 2.45) is 11.7 Å². The van der Waals surface area contributed by atoms with Crippen LogP contribution in [0.1, 0.15) is 19.4 Å². The molecule has 0 fully saturated rings. The minimum Gasteiger partial charge on any atom is -0.383 e. The predicted octanol–water partition coefficient (Wildman–Crippen LogP) is 3.02. The summed E-state index contributed by atoms with van der Waals surface area (Å²) >= 11 is 3.63. The van der Waals surface area contributed by atoms with Gasteiger partial charge in [0.15, 0.2) is 0 Å². The smallest absolute Gasteiger partial charge is 0.0637 e. The first-order valence-electron chi connectivity index (χ1n) is 6.30. The first kappa shape index (κ1) is 15.5. The SMILES string of the molecule is COCCN(CC(C)C)c1ccc(CN)cc1Br. The summed E-state index contributed by atoms with van der Waals surface area (Å²) in [6.45, 7) is 7.67. The molecule has 2 N–H and O–H groups in total. The molecule has 0 radical (unpaired) electrons. The lowest BCUT2D eigenvalue weighted by atomic mass is 10.1. The maximum absolute atomic E-state index is 5.65. The van der Waals surface area contributed by atoms with Crippen molar-refractivity contribution in [1.82, 2.24) is 0 Å². The average molecular weight is 315 g/mol. The van der Waals surface area contributed by atoms with Crippen molar-refractivity contribution in [2.75, 3.05) is 31.7 Å². The highest BCUT2D eigenvalue weighted by atomic mass is 79.9. The summed E-state index contributed by atoms with van der Waals surface area (Å²) in [6.07, 6.45) is 0. The van der Waals surface area contributed by atoms with Gasteiger partial charge in [-0.15, -0.1) is 0 Å². The van der Waals surface area contributed by atoms with Crippen LogP contribution in [0.2, 0.25) is 0 Å². The third-order valence-corrected chi connectivity index (χ3v) is 3.37. The van der Waals surface area contributed by atoms with Gasteiger partial charge in [0.25, 0.3) is 0 Å². The fraction of sp³-hybridized carbons (Fsp3) is 0.571. The number of rotatable bonds is 7. The molecule has 1 aromatic rings. The van der Waals surface area contributed by atoms with E-state index in [0.29, 0.717) is 12.5 Å². The number of benzene rings is 1. The van der Waals surface area contributed by atoms with Crippen LogP contribution in [-0.2, 0) is 11.3 Å². The zero-order valence-electron chi connectivity index (χ0n) is 11.4. The van der Waals surface area contributed by atoms with Gasteiger partial charge < -0.3 is 15.4 Å². The summed E-state index contributed by atoms with van der Waals surface area (Å²) in [7, 11) is 1.74. The van der Waals surface area contributed by atoms with Crippen molar-refractivity contribution in [1.29, 1.82) is 0 Å². The maximum atomic E-state index is 5.65. The second-order valence-electron chi connectivity index (χ2n) is 4.82. The Morgan fingerprint density at radius 1 is 1.39 bits per heavy atom. The van der Waals surface area contributed by atoms with Crippen molar-refractivity contribution in [3.8, 4) is 0 Å². The van der Waals surface area contributed by atoms with Crippen LogP contribution < -0.4 is 10.6 Å². The Morgan fingerprint density at radius 3 is 2.61 bits per heavy atom. The quantitative estimate of drug-likeness (QED) is 0.840. The summed E-state index contributed by atoms with van der Waals surface area (Å²) in [4.78, 5) is 2.35. The van der Waals surface area contributed by atoms with E-state index in [-0.39, 0.29) is 0 Å². The molecular formula is C14H23BrN2O. The van der Waals surface area contributed by atoms with Crippen LogP contribution in [0.25, 0.3) is 0 Å². The number of methoxy groups -OCH3 is 1. The largest absolute Gasteiger partial charge is 0.383 e. The minimum absolute atomic E-state index is 0.571. The van der Waals surface area contributed by atoms with E-state index < -0.39 is 0 Å². The normalized spacial score (nSPS) is 11.0. The first-order valence-corrected chi connectivity index (χ1v) is 7.10. The molecule has 0 heterocycles. The van der Waals surface area contributed by atoms with Crippen LogP contribution in [-0.4, -0.2) is 26.8 Å². The third kappa shape index (κ3) is 4.59. The Labute approximate surface area is 118 Å². The van der Waals surface area contributed by atoms with E-state index >= 15 is 0 Å². The van der Waals surface area contributed by atoms with E-state index in [1.54, 1.807) is 7.11 Å². The molecule has 0 unspecified atom stereocenters. The number of ether oxygens (including phenoxy) is 1. The van der Waals surface area contributed by atoms with Crippen molar-refractivity contribution in [2.45, 2.75) is 20.4 Å². The Kier molecular flexibility index (Phi) is 6.68. The number of anilines is 1. The summed E-state index contributed by atoms with van der Waals surface area (Å²) in [5, 5.41) is 0. The van der Waals surface area contributed by atoms with Crippen LogP contribution >= 0.6 is 15.9 Å². The summed E-state index contributed by atoms with van der Waals surface area (Å²) in [5.74, 6) is 0.614. The summed E-state index contributed by atoms with van der Waals surface area (Å²) in [5.41, 5.74) is 8.00. The Hall–Kier alpha value is -0.580. The molecule has 0 saturated carbocycles. The summed E-state index contributed by atoms with van der Waals surface area (Å²) < 4.78 is 6.28. The second kappa shape index (κ2) is 7.77. The zero-order valence-corrected chi connectivity index (χ0v) is 13.0. The van der Waals surface area contributed by atoms with E-state index in [1.807, 2.05) is 0 Å². The molecule has 102 valence electrons. The van der Waals surface area contributed by atoms with Gasteiger partial charge in [-0.25, -0.2) is 0 Å². The van der Waals surface area contributed by atoms with Crippen LogP contribution in [0.5, 0.6) is 0 Å². The molecule has 0 atom stereocenters. The molecule has 0 bridgehead atoms. The number of halogens is 1. The van der Waals surface area contributed by atoms with Gasteiger partial charge in [0.05, 0.1) is 12.3 Å². The number of nitrogens with zero attached hydrogens (tertiary/aromatic N) is 1. The van der Waals surface area contributed by atoms with Crippen LogP contribution in [0.3, 0.4) is 0 Å². The monoisotopic (exact) mass is 314 g/mol. The molecule has 1 rings (SSSR count). The van der Waals surface area contributed by atoms with E-state index in [2.05, 4.69) is 52.9 Å². The van der Waals surface area contributed by atoms with E-state index in [4.69, 9.17) is 10.5 Å². The topological polar surface area (TPSA) is 38.5 Å². The predicted molar refractivity (Wildman–Crippen MR) is 81.0 cm³/mol. The molecule has 4 heteroatoms. The van der Waals surface area contributed by atoms with Gasteiger partial charge in [-0.3, -0.25) is 0 Å². The molecular weight excluding hydrogens is 292 g/mol. The first-order chi connectivity index (χ1) is 8.58. The van der Waals surface area contributed by atoms with Crippen molar-refractivity contribution < 1.29 is 4.74 Å². The zero-order chi connectivity index (χ0) is 13.5. The molecule has 0 aromatic heterocycles. The van der Waals surface area contributed by atoms with Gasteiger partial charge in [-0.2, -0.15) is 0 Å².